The molecule has 2 saturated carbocycles. The monoisotopic (exact) mass is 828 g/mol. The summed E-state index contributed by atoms with van der Waals surface area (Å²) in [7, 11) is 5.43. The molecule has 4 aromatic heterocycles. The Morgan fingerprint density at radius 1 is 0.667 bits per heavy atom. The number of esters is 1. The number of aromatic nitrogens is 4. The standard InChI is InChI=1S/C27H23N3O2.C26H21N3O2/c1-30-16-24(20-5-3-4-18(10-20)14-28)22-11-17(6-9-26(22)30)12-25-23(27(31)32-2)13-21(15-29-25)19-7-8-19;1-29-15-23(19-4-2-3-17(9-19)13-27)21-10-16(5-8-25(21)29)11-24-22(26(30)31)12-20(14-28-24)18-6-7-18/h3-6,9-11,13,15-16,19H,7-8,12H2,1-2H3;2-5,8-10,12,14-15,18H,6-7,11H2,1H3,(H,30,31). The van der Waals surface area contributed by atoms with E-state index < -0.39 is 5.97 Å². The number of carbonyl (C=O) groups excluding carboxylic acids is 1. The third-order valence-electron chi connectivity index (χ3n) is 12.2. The van der Waals surface area contributed by atoms with Crippen molar-refractivity contribution in [2.45, 2.75) is 50.4 Å². The van der Waals surface area contributed by atoms with Gasteiger partial charge in [-0.25, -0.2) is 9.59 Å². The molecule has 4 aromatic carbocycles. The summed E-state index contributed by atoms with van der Waals surface area (Å²) >= 11 is 0. The number of carboxylic acid groups (broad SMARTS) is 1. The molecule has 0 bridgehead atoms. The van der Waals surface area contributed by atoms with Crippen LogP contribution in [0.1, 0.15) is 103 Å². The number of rotatable bonds is 10. The van der Waals surface area contributed by atoms with Crippen molar-refractivity contribution < 1.29 is 19.4 Å². The molecule has 2 fully saturated rings. The Bertz CT molecular complexity index is 3190. The SMILES string of the molecule is COC(=O)c1cc(C2CC2)cnc1Cc1ccc2c(c1)c(-c1cccc(C#N)c1)cn2C.Cn1cc(-c2cccc(C#N)c2)c2cc(Cc3ncc(C4CC4)cc3C(=O)O)ccc21. The van der Waals surface area contributed by atoms with Crippen LogP contribution in [-0.4, -0.2) is 43.3 Å². The molecule has 0 saturated heterocycles. The number of fused-ring (bicyclic) bond motifs is 2. The van der Waals surface area contributed by atoms with Gasteiger partial charge in [0.1, 0.15) is 0 Å². The van der Waals surface area contributed by atoms with E-state index >= 15 is 0 Å². The van der Waals surface area contributed by atoms with Crippen LogP contribution in [-0.2, 0) is 31.7 Å². The second-order valence-electron chi connectivity index (χ2n) is 16.6. The maximum atomic E-state index is 12.4. The van der Waals surface area contributed by atoms with Gasteiger partial charge in [-0.2, -0.15) is 10.5 Å². The maximum Gasteiger partial charge on any atom is 0.339 e. The lowest BCUT2D eigenvalue weighted by Crippen LogP contribution is -2.09. The molecule has 0 aliphatic heterocycles. The molecule has 0 amide bonds. The first-order chi connectivity index (χ1) is 30.6. The van der Waals surface area contributed by atoms with Crippen LogP contribution in [0.15, 0.2) is 122 Å². The minimum absolute atomic E-state index is 0.291. The second kappa shape index (κ2) is 16.9. The highest BCUT2D eigenvalue weighted by Crippen LogP contribution is 2.41. The Kier molecular flexibility index (Phi) is 10.9. The summed E-state index contributed by atoms with van der Waals surface area (Å²) < 4.78 is 9.20. The first-order valence-corrected chi connectivity index (χ1v) is 21.1. The normalized spacial score (nSPS) is 13.2. The van der Waals surface area contributed by atoms with Crippen molar-refractivity contribution in [3.8, 4) is 34.4 Å². The Morgan fingerprint density at radius 3 is 1.56 bits per heavy atom. The largest absolute Gasteiger partial charge is 0.478 e. The molecule has 0 unspecified atom stereocenters. The van der Waals surface area contributed by atoms with Gasteiger partial charge in [-0.3, -0.25) is 9.97 Å². The number of ether oxygens (including phenoxy) is 1. The van der Waals surface area contributed by atoms with Crippen LogP contribution in [0.2, 0.25) is 0 Å². The van der Waals surface area contributed by atoms with Crippen LogP contribution in [0.4, 0.5) is 0 Å². The topological polar surface area (TPSA) is 147 Å². The van der Waals surface area contributed by atoms with Crippen molar-refractivity contribution in [3.05, 3.63) is 178 Å². The quantitative estimate of drug-likeness (QED) is 0.134. The zero-order valence-electron chi connectivity index (χ0n) is 35.3. The average Bonchev–Trinajstić information content (AvgIpc) is 4.26. The first-order valence-electron chi connectivity index (χ1n) is 21.1. The van der Waals surface area contributed by atoms with Gasteiger partial charge in [-0.1, -0.05) is 36.4 Å². The predicted molar refractivity (Wildman–Crippen MR) is 242 cm³/mol. The van der Waals surface area contributed by atoms with Gasteiger partial charge in [0, 0.05) is 84.7 Å². The highest BCUT2D eigenvalue weighted by molar-refractivity contribution is 5.98. The highest BCUT2D eigenvalue weighted by Gasteiger charge is 2.27. The molecule has 2 aliphatic rings. The van der Waals surface area contributed by atoms with Gasteiger partial charge in [-0.15, -0.1) is 0 Å². The van der Waals surface area contributed by atoms with Crippen molar-refractivity contribution in [1.82, 2.24) is 19.1 Å². The van der Waals surface area contributed by atoms with Gasteiger partial charge in [0.05, 0.1) is 52.9 Å². The fraction of sp³-hybridized carbons (Fsp3) is 0.208. The summed E-state index contributed by atoms with van der Waals surface area (Å²) in [6.07, 6.45) is 13.4. The molecule has 1 N–H and O–H groups in total. The summed E-state index contributed by atoms with van der Waals surface area (Å²) in [6, 6.07) is 35.9. The molecule has 10 heteroatoms. The minimum Gasteiger partial charge on any atom is -0.478 e. The Morgan fingerprint density at radius 2 is 1.13 bits per heavy atom. The lowest BCUT2D eigenvalue weighted by atomic mass is 9.98. The molecule has 0 spiro atoms. The summed E-state index contributed by atoms with van der Waals surface area (Å²) in [5.41, 5.74) is 13.9. The van der Waals surface area contributed by atoms with Gasteiger partial charge in [-0.05, 0) is 132 Å². The van der Waals surface area contributed by atoms with Gasteiger partial charge >= 0.3 is 11.9 Å². The maximum absolute atomic E-state index is 12.4. The average molecular weight is 829 g/mol. The molecule has 4 heterocycles. The molecule has 2 aliphatic carbocycles. The van der Waals surface area contributed by atoms with E-state index in [1.54, 1.807) is 12.1 Å². The van der Waals surface area contributed by atoms with E-state index in [9.17, 15) is 25.2 Å². The Labute approximate surface area is 365 Å². The van der Waals surface area contributed by atoms with Crippen LogP contribution in [0.5, 0.6) is 0 Å². The molecular weight excluding hydrogens is 785 g/mol. The summed E-state index contributed by atoms with van der Waals surface area (Å²) in [5, 5.41) is 30.4. The number of nitriles is 2. The molecule has 310 valence electrons. The van der Waals surface area contributed by atoms with E-state index in [0.717, 1.165) is 97.7 Å². The van der Waals surface area contributed by atoms with Crippen molar-refractivity contribution in [3.63, 3.8) is 0 Å². The fourth-order valence-electron chi connectivity index (χ4n) is 8.51. The number of hydrogen-bond donors (Lipinski definition) is 1. The molecule has 0 atom stereocenters. The molecule has 0 radical (unpaired) electrons. The predicted octanol–water partition coefficient (Wildman–Crippen LogP) is 10.6. The van der Waals surface area contributed by atoms with E-state index in [0.29, 0.717) is 52.6 Å². The third kappa shape index (κ3) is 8.44. The van der Waals surface area contributed by atoms with Crippen molar-refractivity contribution in [1.29, 1.82) is 10.5 Å². The van der Waals surface area contributed by atoms with Gasteiger partial charge in [0.25, 0.3) is 0 Å². The zero-order chi connectivity index (χ0) is 43.8. The number of aryl methyl sites for hydroxylation is 2. The molecule has 10 nitrogen and oxygen atoms in total. The van der Waals surface area contributed by atoms with E-state index in [1.807, 2.05) is 81.1 Å². The number of pyridine rings is 2. The second-order valence-corrected chi connectivity index (χ2v) is 16.6. The molecular formula is C53H44N6O4. The molecule has 63 heavy (non-hydrogen) atoms. The van der Waals surface area contributed by atoms with Gasteiger partial charge in [0.15, 0.2) is 0 Å². The third-order valence-corrected chi connectivity index (χ3v) is 12.2. The first kappa shape index (κ1) is 40.6. The van der Waals surface area contributed by atoms with E-state index in [-0.39, 0.29) is 5.97 Å². The Hall–Kier alpha value is -7.82. The number of nitrogens with zero attached hydrogens (tertiary/aromatic N) is 6. The minimum atomic E-state index is -0.931. The van der Waals surface area contributed by atoms with Crippen LogP contribution in [0.25, 0.3) is 44.1 Å². The van der Waals surface area contributed by atoms with Gasteiger partial charge < -0.3 is 19.0 Å². The van der Waals surface area contributed by atoms with E-state index in [2.05, 4.69) is 74.0 Å². The number of methoxy groups -OCH3 is 1. The summed E-state index contributed by atoms with van der Waals surface area (Å²) in [4.78, 5) is 33.5. The smallest absolute Gasteiger partial charge is 0.339 e. The van der Waals surface area contributed by atoms with Gasteiger partial charge in [0.2, 0.25) is 0 Å². The van der Waals surface area contributed by atoms with E-state index in [1.165, 1.54) is 7.11 Å². The van der Waals surface area contributed by atoms with Crippen LogP contribution < -0.4 is 0 Å². The zero-order valence-corrected chi connectivity index (χ0v) is 35.3. The molecule has 8 aromatic rings. The Balaban J connectivity index is 0.000000160. The van der Waals surface area contributed by atoms with Crippen molar-refractivity contribution in [2.24, 2.45) is 14.1 Å². The lowest BCUT2D eigenvalue weighted by molar-refractivity contribution is 0.0598. The van der Waals surface area contributed by atoms with Crippen molar-refractivity contribution in [2.75, 3.05) is 7.11 Å². The van der Waals surface area contributed by atoms with Crippen LogP contribution in [0.3, 0.4) is 0 Å². The number of hydrogen-bond acceptors (Lipinski definition) is 7. The van der Waals surface area contributed by atoms with E-state index in [4.69, 9.17) is 4.74 Å². The number of carboxylic acids is 1. The lowest BCUT2D eigenvalue weighted by Gasteiger charge is -2.10. The summed E-state index contributed by atoms with van der Waals surface area (Å²) in [6.45, 7) is 0. The number of aromatic carboxylic acids is 1. The molecule has 10 rings (SSSR count). The van der Waals surface area contributed by atoms with Crippen LogP contribution >= 0.6 is 0 Å². The fourth-order valence-corrected chi connectivity index (χ4v) is 8.51. The number of benzene rings is 4. The summed E-state index contributed by atoms with van der Waals surface area (Å²) in [5.74, 6) is -0.288. The number of carbonyl (C=O) groups is 2. The van der Waals surface area contributed by atoms with Crippen molar-refractivity contribution >= 4 is 33.7 Å². The van der Waals surface area contributed by atoms with Crippen LogP contribution in [0, 0.1) is 22.7 Å². The highest BCUT2D eigenvalue weighted by atomic mass is 16.5.